The summed E-state index contributed by atoms with van der Waals surface area (Å²) in [7, 11) is 0. The summed E-state index contributed by atoms with van der Waals surface area (Å²) in [5.41, 5.74) is 4.77. The molecule has 5 aromatic rings. The minimum absolute atomic E-state index is 0. The SMILES string of the molecule is Cl.Cl.O=C(Nc1ccc2c(c1)N(Cc1cnc[nH]1)CCN(C(=O)c1cccc3ccccc13)C2)c1cccc(Cl)c1. The molecule has 6 rings (SSSR count). The molecule has 1 aliphatic rings. The van der Waals surface area contributed by atoms with Gasteiger partial charge in [0.05, 0.1) is 18.6 Å². The van der Waals surface area contributed by atoms with E-state index in [4.69, 9.17) is 11.6 Å². The van der Waals surface area contributed by atoms with Crippen LogP contribution in [0.4, 0.5) is 11.4 Å². The molecule has 1 aromatic heterocycles. The molecule has 0 saturated carbocycles. The van der Waals surface area contributed by atoms with Gasteiger partial charge >= 0.3 is 0 Å². The Morgan fingerprint density at radius 2 is 1.73 bits per heavy atom. The maximum atomic E-state index is 13.8. The largest absolute Gasteiger partial charge is 0.364 e. The molecular weight excluding hydrogens is 581 g/mol. The lowest BCUT2D eigenvalue weighted by Gasteiger charge is -2.25. The van der Waals surface area contributed by atoms with Crippen LogP contribution in [0.15, 0.2) is 97.5 Å². The number of amides is 2. The maximum absolute atomic E-state index is 13.8. The third-order valence-corrected chi connectivity index (χ3v) is 7.23. The van der Waals surface area contributed by atoms with Gasteiger partial charge in [-0.3, -0.25) is 9.59 Å². The van der Waals surface area contributed by atoms with Gasteiger partial charge in [0.25, 0.3) is 11.8 Å². The Hall–Kier alpha value is -4.04. The molecule has 4 aromatic carbocycles. The van der Waals surface area contributed by atoms with Gasteiger partial charge < -0.3 is 20.1 Å². The Bertz CT molecular complexity index is 1670. The van der Waals surface area contributed by atoms with Crippen molar-refractivity contribution in [1.29, 1.82) is 0 Å². The molecule has 0 radical (unpaired) electrons. The molecule has 0 aliphatic carbocycles. The molecule has 0 unspecified atom stereocenters. The van der Waals surface area contributed by atoms with E-state index in [-0.39, 0.29) is 36.6 Å². The second-order valence-electron chi connectivity index (χ2n) is 9.56. The molecule has 0 spiro atoms. The number of hydrogen-bond acceptors (Lipinski definition) is 4. The highest BCUT2D eigenvalue weighted by Crippen LogP contribution is 2.31. The normalized spacial score (nSPS) is 12.5. The molecule has 2 heterocycles. The Morgan fingerprint density at radius 3 is 2.54 bits per heavy atom. The van der Waals surface area contributed by atoms with Crippen LogP contribution in [0.1, 0.15) is 32.0 Å². The first-order valence-electron chi connectivity index (χ1n) is 12.7. The number of aromatic nitrogens is 2. The van der Waals surface area contributed by atoms with Crippen molar-refractivity contribution in [2.75, 3.05) is 23.3 Å². The van der Waals surface area contributed by atoms with Crippen LogP contribution >= 0.6 is 36.4 Å². The quantitative estimate of drug-likeness (QED) is 0.226. The van der Waals surface area contributed by atoms with Gasteiger partial charge in [-0.05, 0) is 52.7 Å². The van der Waals surface area contributed by atoms with Gasteiger partial charge in [-0.15, -0.1) is 24.8 Å². The second kappa shape index (κ2) is 13.1. The average Bonchev–Trinajstić information content (AvgIpc) is 3.41. The van der Waals surface area contributed by atoms with Crippen molar-refractivity contribution in [3.05, 3.63) is 125 Å². The van der Waals surface area contributed by atoms with E-state index in [1.54, 1.807) is 36.8 Å². The van der Waals surface area contributed by atoms with Crippen molar-refractivity contribution < 1.29 is 9.59 Å². The third-order valence-electron chi connectivity index (χ3n) is 7.00. The summed E-state index contributed by atoms with van der Waals surface area (Å²) in [5, 5.41) is 5.48. The van der Waals surface area contributed by atoms with Crippen LogP contribution in [-0.4, -0.2) is 39.8 Å². The predicted octanol–water partition coefficient (Wildman–Crippen LogP) is 6.97. The zero-order valence-corrected chi connectivity index (χ0v) is 24.3. The van der Waals surface area contributed by atoms with Gasteiger partial charge in [0.1, 0.15) is 0 Å². The number of halogens is 3. The molecule has 7 nitrogen and oxygen atoms in total. The highest BCUT2D eigenvalue weighted by atomic mass is 35.5. The third kappa shape index (κ3) is 6.49. The van der Waals surface area contributed by atoms with E-state index in [2.05, 4.69) is 20.2 Å². The van der Waals surface area contributed by atoms with E-state index in [0.29, 0.717) is 48.0 Å². The number of benzene rings is 4. The first kappa shape index (κ1) is 29.9. The molecule has 0 saturated heterocycles. The number of rotatable bonds is 5. The Labute approximate surface area is 255 Å². The molecule has 210 valence electrons. The van der Waals surface area contributed by atoms with Crippen LogP contribution < -0.4 is 10.2 Å². The van der Waals surface area contributed by atoms with Crippen molar-refractivity contribution in [3.63, 3.8) is 0 Å². The standard InChI is InChI=1S/C31H26ClN5O2.2ClH/c32-24-8-3-7-22(15-24)30(38)35-25-12-11-23-18-37(14-13-36(29(23)16-25)19-26-17-33-20-34-26)31(39)28-10-4-6-21-5-1-2-9-27(21)28;;/h1-12,15-17,20H,13-14,18-19H2,(H,33,34)(H,35,38);2*1H. The fourth-order valence-electron chi connectivity index (χ4n) is 5.05. The fraction of sp³-hybridized carbons (Fsp3) is 0.129. The molecule has 0 bridgehead atoms. The summed E-state index contributed by atoms with van der Waals surface area (Å²) in [6, 6.07) is 26.5. The zero-order chi connectivity index (χ0) is 26.8. The lowest BCUT2D eigenvalue weighted by Crippen LogP contribution is -2.35. The molecule has 2 amide bonds. The van der Waals surface area contributed by atoms with Crippen LogP contribution in [0.3, 0.4) is 0 Å². The van der Waals surface area contributed by atoms with Gasteiger partial charge in [-0.1, -0.05) is 60.1 Å². The summed E-state index contributed by atoms with van der Waals surface area (Å²) < 4.78 is 0. The number of nitrogens with one attached hydrogen (secondary N) is 2. The number of imidazole rings is 1. The molecular formula is C31H28Cl3N5O2. The minimum atomic E-state index is -0.237. The van der Waals surface area contributed by atoms with Crippen molar-refractivity contribution in [2.45, 2.75) is 13.1 Å². The number of anilines is 2. The minimum Gasteiger partial charge on any atom is -0.364 e. The van der Waals surface area contributed by atoms with Crippen LogP contribution in [0.2, 0.25) is 5.02 Å². The van der Waals surface area contributed by atoms with E-state index < -0.39 is 0 Å². The first-order valence-corrected chi connectivity index (χ1v) is 13.1. The summed E-state index contributed by atoms with van der Waals surface area (Å²) in [6.07, 6.45) is 3.46. The van der Waals surface area contributed by atoms with Crippen LogP contribution in [0, 0.1) is 0 Å². The topological polar surface area (TPSA) is 81.3 Å². The van der Waals surface area contributed by atoms with Crippen molar-refractivity contribution >= 4 is 70.4 Å². The number of hydrogen-bond donors (Lipinski definition) is 2. The molecule has 41 heavy (non-hydrogen) atoms. The number of carbonyl (C=O) groups is 2. The molecule has 0 fully saturated rings. The molecule has 1 aliphatic heterocycles. The van der Waals surface area contributed by atoms with Gasteiger partial charge in [0.2, 0.25) is 0 Å². The number of carbonyl (C=O) groups excluding carboxylic acids is 2. The van der Waals surface area contributed by atoms with E-state index >= 15 is 0 Å². The molecule has 2 N–H and O–H groups in total. The van der Waals surface area contributed by atoms with E-state index in [1.165, 1.54) is 0 Å². The highest BCUT2D eigenvalue weighted by molar-refractivity contribution is 6.31. The highest BCUT2D eigenvalue weighted by Gasteiger charge is 2.26. The monoisotopic (exact) mass is 607 g/mol. The molecule has 0 atom stereocenters. The van der Waals surface area contributed by atoms with Crippen LogP contribution in [-0.2, 0) is 13.1 Å². The zero-order valence-electron chi connectivity index (χ0n) is 21.9. The van der Waals surface area contributed by atoms with Crippen molar-refractivity contribution in [3.8, 4) is 0 Å². The van der Waals surface area contributed by atoms with Crippen molar-refractivity contribution in [2.24, 2.45) is 0 Å². The van der Waals surface area contributed by atoms with Gasteiger partial charge in [0, 0.05) is 53.4 Å². The van der Waals surface area contributed by atoms with Gasteiger partial charge in [-0.2, -0.15) is 0 Å². The van der Waals surface area contributed by atoms with E-state index in [0.717, 1.165) is 27.7 Å². The summed E-state index contributed by atoms with van der Waals surface area (Å²) >= 11 is 6.08. The Kier molecular flexibility index (Phi) is 9.55. The Balaban J connectivity index is 0.00000194. The van der Waals surface area contributed by atoms with Gasteiger partial charge in [-0.25, -0.2) is 4.98 Å². The van der Waals surface area contributed by atoms with Crippen LogP contribution in [0.5, 0.6) is 0 Å². The number of H-pyrrole nitrogens is 1. The summed E-state index contributed by atoms with van der Waals surface area (Å²) in [6.45, 7) is 2.22. The lowest BCUT2D eigenvalue weighted by molar-refractivity contribution is 0.0753. The average molecular weight is 609 g/mol. The predicted molar refractivity (Wildman–Crippen MR) is 169 cm³/mol. The fourth-order valence-corrected chi connectivity index (χ4v) is 5.24. The number of nitrogens with zero attached hydrogens (tertiary/aromatic N) is 3. The van der Waals surface area contributed by atoms with Crippen molar-refractivity contribution in [1.82, 2.24) is 14.9 Å². The first-order chi connectivity index (χ1) is 19.0. The number of aromatic amines is 1. The van der Waals surface area contributed by atoms with Gasteiger partial charge in [0.15, 0.2) is 0 Å². The van der Waals surface area contributed by atoms with E-state index in [9.17, 15) is 9.59 Å². The Morgan fingerprint density at radius 1 is 0.927 bits per heavy atom. The number of fused-ring (bicyclic) bond motifs is 2. The van der Waals surface area contributed by atoms with Crippen LogP contribution in [0.25, 0.3) is 10.8 Å². The second-order valence-corrected chi connectivity index (χ2v) is 10.00. The van der Waals surface area contributed by atoms with E-state index in [1.807, 2.05) is 65.6 Å². The molecule has 10 heteroatoms. The summed E-state index contributed by atoms with van der Waals surface area (Å²) in [4.78, 5) is 38.2. The maximum Gasteiger partial charge on any atom is 0.255 e. The summed E-state index contributed by atoms with van der Waals surface area (Å²) in [5.74, 6) is -0.238. The lowest BCUT2D eigenvalue weighted by atomic mass is 10.0. The smallest absolute Gasteiger partial charge is 0.255 e.